The zero-order valence-corrected chi connectivity index (χ0v) is 17.5. The molecule has 0 spiro atoms. The highest BCUT2D eigenvalue weighted by molar-refractivity contribution is 5.86. The number of anilines is 1. The largest absolute Gasteiger partial charge is 0.368 e. The zero-order valence-electron chi connectivity index (χ0n) is 17.5. The van der Waals surface area contributed by atoms with Crippen molar-refractivity contribution in [2.45, 2.75) is 12.7 Å². The Kier molecular flexibility index (Phi) is 5.97. The first kappa shape index (κ1) is 21.6. The number of carbonyl (C=O) groups excluding carboxylic acids is 1. The molecule has 32 heavy (non-hydrogen) atoms. The summed E-state index contributed by atoms with van der Waals surface area (Å²) in [5.74, 6) is -2.38. The van der Waals surface area contributed by atoms with Crippen molar-refractivity contribution in [3.63, 3.8) is 0 Å². The lowest BCUT2D eigenvalue weighted by molar-refractivity contribution is -0.277. The second-order valence-electron chi connectivity index (χ2n) is 7.46. The number of benzene rings is 1. The molecule has 0 unspecified atom stereocenters. The molecule has 1 fully saturated rings. The Morgan fingerprint density at radius 2 is 2.03 bits per heavy atom. The lowest BCUT2D eigenvalue weighted by atomic mass is 10.1. The van der Waals surface area contributed by atoms with E-state index in [1.807, 2.05) is 6.92 Å². The van der Waals surface area contributed by atoms with Gasteiger partial charge in [-0.2, -0.15) is 0 Å². The van der Waals surface area contributed by atoms with E-state index in [9.17, 15) is 9.18 Å². The van der Waals surface area contributed by atoms with Gasteiger partial charge in [-0.25, -0.2) is 19.3 Å². The van der Waals surface area contributed by atoms with Gasteiger partial charge in [0.1, 0.15) is 5.82 Å². The predicted molar refractivity (Wildman–Crippen MR) is 115 cm³/mol. The predicted octanol–water partition coefficient (Wildman–Crippen LogP) is 2.39. The number of nitrogens with two attached hydrogens (primary N) is 1. The number of aromatic amines is 1. The van der Waals surface area contributed by atoms with Crippen LogP contribution >= 0.6 is 0 Å². The van der Waals surface area contributed by atoms with Crippen molar-refractivity contribution in [1.82, 2.24) is 25.3 Å². The minimum absolute atomic E-state index is 0.0705. The van der Waals surface area contributed by atoms with E-state index in [0.29, 0.717) is 35.9 Å². The van der Waals surface area contributed by atoms with Crippen LogP contribution in [-0.2, 0) is 20.1 Å². The van der Waals surface area contributed by atoms with Crippen molar-refractivity contribution in [3.05, 3.63) is 60.8 Å². The maximum absolute atomic E-state index is 13.5. The van der Waals surface area contributed by atoms with Gasteiger partial charge in [-0.05, 0) is 30.3 Å². The summed E-state index contributed by atoms with van der Waals surface area (Å²) in [6.07, 6.45) is 3.06. The Morgan fingerprint density at radius 3 is 2.69 bits per heavy atom. The molecule has 0 radical (unpaired) electrons. The number of aromatic nitrogens is 4. The first-order valence-electron chi connectivity index (χ1n) is 10.1. The highest BCUT2D eigenvalue weighted by Gasteiger charge is 2.49. The van der Waals surface area contributed by atoms with E-state index in [4.69, 9.17) is 15.2 Å². The van der Waals surface area contributed by atoms with Crippen molar-refractivity contribution in [2.75, 3.05) is 25.5 Å². The Hall–Kier alpha value is -3.63. The Labute approximate surface area is 183 Å². The maximum Gasteiger partial charge on any atom is 0.310 e. The van der Waals surface area contributed by atoms with Crippen LogP contribution in [0.25, 0.3) is 22.6 Å². The van der Waals surface area contributed by atoms with Gasteiger partial charge < -0.3 is 25.5 Å². The zero-order chi connectivity index (χ0) is 22.7. The number of hydrogen-bond donors (Lipinski definition) is 3. The van der Waals surface area contributed by atoms with Crippen LogP contribution in [0.15, 0.2) is 49.2 Å². The minimum Gasteiger partial charge on any atom is -0.368 e. The smallest absolute Gasteiger partial charge is 0.310 e. The summed E-state index contributed by atoms with van der Waals surface area (Å²) in [5.41, 5.74) is 7.71. The van der Waals surface area contributed by atoms with Crippen LogP contribution in [0.3, 0.4) is 0 Å². The molecule has 4 N–H and O–H groups in total. The Bertz CT molecular complexity index is 1120. The average molecular weight is 438 g/mol. The van der Waals surface area contributed by atoms with Crippen LogP contribution < -0.4 is 11.1 Å². The van der Waals surface area contributed by atoms with Gasteiger partial charge in [-0.15, -0.1) is 6.58 Å². The first-order chi connectivity index (χ1) is 15.4. The molecule has 9 nitrogen and oxygen atoms in total. The molecule has 0 saturated carbocycles. The number of hydrogen-bond acceptors (Lipinski definition) is 7. The summed E-state index contributed by atoms with van der Waals surface area (Å²) in [5, 5.41) is 2.72. The molecule has 1 aromatic carbocycles. The van der Waals surface area contributed by atoms with E-state index in [0.717, 1.165) is 0 Å². The minimum atomic E-state index is -1.79. The van der Waals surface area contributed by atoms with E-state index >= 15 is 0 Å². The fraction of sp³-hybridized carbons (Fsp3) is 0.273. The molecule has 166 valence electrons. The lowest BCUT2D eigenvalue weighted by Crippen LogP contribution is -2.53. The molecule has 10 heteroatoms. The van der Waals surface area contributed by atoms with Gasteiger partial charge >= 0.3 is 5.79 Å². The molecule has 2 aromatic heterocycles. The summed E-state index contributed by atoms with van der Waals surface area (Å²) in [4.78, 5) is 29.1. The third-order valence-electron chi connectivity index (χ3n) is 4.91. The second-order valence-corrected chi connectivity index (χ2v) is 7.46. The highest BCUT2D eigenvalue weighted by Crippen LogP contribution is 2.36. The average Bonchev–Trinajstić information content (AvgIpc) is 3.24. The van der Waals surface area contributed by atoms with Crippen LogP contribution in [-0.4, -0.2) is 45.6 Å². The number of H-pyrrole nitrogens is 1. The lowest BCUT2D eigenvalue weighted by Gasteiger charge is -2.36. The van der Waals surface area contributed by atoms with Crippen LogP contribution in [0, 0.1) is 11.7 Å². The van der Waals surface area contributed by atoms with E-state index in [2.05, 4.69) is 31.8 Å². The van der Waals surface area contributed by atoms with Crippen molar-refractivity contribution in [3.8, 4) is 22.6 Å². The van der Waals surface area contributed by atoms with Crippen LogP contribution in [0.5, 0.6) is 0 Å². The van der Waals surface area contributed by atoms with Gasteiger partial charge in [0.25, 0.3) is 5.91 Å². The molecule has 1 aliphatic heterocycles. The van der Waals surface area contributed by atoms with Crippen LogP contribution in [0.1, 0.15) is 12.7 Å². The molecule has 0 bridgehead atoms. The number of nitrogen functional groups attached to an aromatic ring is 1. The molecule has 0 aliphatic carbocycles. The second kappa shape index (κ2) is 8.85. The summed E-state index contributed by atoms with van der Waals surface area (Å²) < 4.78 is 25.4. The molecule has 3 aromatic rings. The van der Waals surface area contributed by atoms with Gasteiger partial charge in [0.15, 0.2) is 5.82 Å². The van der Waals surface area contributed by atoms with E-state index in [1.165, 1.54) is 18.3 Å². The summed E-state index contributed by atoms with van der Waals surface area (Å²) in [7, 11) is 0. The van der Waals surface area contributed by atoms with Crippen molar-refractivity contribution in [1.29, 1.82) is 0 Å². The van der Waals surface area contributed by atoms with Gasteiger partial charge in [-0.1, -0.05) is 13.0 Å². The summed E-state index contributed by atoms with van der Waals surface area (Å²) in [6.45, 7) is 6.39. The monoisotopic (exact) mass is 438 g/mol. The van der Waals surface area contributed by atoms with Gasteiger partial charge in [0.05, 0.1) is 30.3 Å². The Morgan fingerprint density at radius 1 is 1.31 bits per heavy atom. The number of nitrogens with zero attached hydrogens (tertiary/aromatic N) is 3. The first-order valence-corrected chi connectivity index (χ1v) is 10.1. The fourth-order valence-electron chi connectivity index (χ4n) is 3.31. The highest BCUT2D eigenvalue weighted by atomic mass is 19.1. The number of rotatable bonds is 6. The molecule has 3 heterocycles. The normalized spacial score (nSPS) is 20.6. The number of nitrogens with one attached hydrogen (secondary N) is 2. The van der Waals surface area contributed by atoms with Gasteiger partial charge in [-0.3, -0.25) is 4.79 Å². The van der Waals surface area contributed by atoms with E-state index < -0.39 is 11.7 Å². The number of carbonyl (C=O) groups is 1. The molecular weight excluding hydrogens is 415 g/mol. The Balaban J connectivity index is 1.87. The topological polar surface area (TPSA) is 128 Å². The molecule has 1 saturated heterocycles. The number of ether oxygens (including phenoxy) is 2. The van der Waals surface area contributed by atoms with E-state index in [1.54, 1.807) is 24.3 Å². The van der Waals surface area contributed by atoms with Crippen LogP contribution in [0.4, 0.5) is 10.3 Å². The van der Waals surface area contributed by atoms with Gasteiger partial charge in [0, 0.05) is 24.2 Å². The molecule has 0 atom stereocenters. The van der Waals surface area contributed by atoms with Crippen molar-refractivity contribution >= 4 is 11.9 Å². The van der Waals surface area contributed by atoms with E-state index in [-0.39, 0.29) is 30.1 Å². The number of imidazole rings is 1. The maximum atomic E-state index is 13.5. The SMILES string of the molecule is C=CCNC(=O)C1(c2nc(-c3ccc(F)cc3)c(-c3ccnc(N)n3)[nH]2)OCC(C)CO1. The van der Waals surface area contributed by atoms with Crippen molar-refractivity contribution < 1.29 is 18.7 Å². The molecule has 4 rings (SSSR count). The quantitative estimate of drug-likeness (QED) is 0.504. The van der Waals surface area contributed by atoms with Crippen molar-refractivity contribution in [2.24, 2.45) is 5.92 Å². The standard InChI is InChI=1S/C22H23FN6O3/c1-3-9-25-20(30)22(31-11-13(2)12-32-22)19-28-17(14-4-6-15(23)7-5-14)18(29-19)16-8-10-26-21(24)27-16/h3-8,10,13H,1,9,11-12H2,2H3,(H,25,30)(H,28,29)(H2,24,26,27). The third kappa shape index (κ3) is 4.10. The number of halogens is 1. The molecule has 1 amide bonds. The summed E-state index contributed by atoms with van der Waals surface area (Å²) in [6, 6.07) is 7.46. The number of amides is 1. The van der Waals surface area contributed by atoms with Gasteiger partial charge in [0.2, 0.25) is 5.95 Å². The third-order valence-corrected chi connectivity index (χ3v) is 4.91. The fourth-order valence-corrected chi connectivity index (χ4v) is 3.31. The molecule has 1 aliphatic rings. The van der Waals surface area contributed by atoms with Crippen LogP contribution in [0.2, 0.25) is 0 Å². The summed E-state index contributed by atoms with van der Waals surface area (Å²) >= 11 is 0. The molecular formula is C22H23FN6O3.